The molecule has 22 heavy (non-hydrogen) atoms. The molecule has 0 bridgehead atoms. The Balaban J connectivity index is 2.01. The second-order valence-electron chi connectivity index (χ2n) is 6.04. The maximum atomic E-state index is 12.4. The molecular formula is C17H24N2O3. The first kappa shape index (κ1) is 16.3. The van der Waals surface area contributed by atoms with Crippen LogP contribution in [0.15, 0.2) is 18.2 Å². The lowest BCUT2D eigenvalue weighted by Gasteiger charge is -2.37. The number of aryl methyl sites for hydroxylation is 2. The van der Waals surface area contributed by atoms with Crippen LogP contribution in [0, 0.1) is 19.8 Å². The number of carbonyl (C=O) groups excluding carboxylic acids is 1. The summed E-state index contributed by atoms with van der Waals surface area (Å²) in [5, 5.41) is 12.4. The van der Waals surface area contributed by atoms with Crippen molar-refractivity contribution in [3.05, 3.63) is 29.3 Å². The highest BCUT2D eigenvalue weighted by Crippen LogP contribution is 2.24. The van der Waals surface area contributed by atoms with Crippen LogP contribution in [0.4, 0.5) is 5.69 Å². The number of amides is 1. The Morgan fingerprint density at radius 2 is 1.95 bits per heavy atom. The summed E-state index contributed by atoms with van der Waals surface area (Å²) in [6.45, 7) is 6.67. The second kappa shape index (κ2) is 6.81. The minimum absolute atomic E-state index is 0.0406. The van der Waals surface area contributed by atoms with Gasteiger partial charge >= 0.3 is 5.97 Å². The monoisotopic (exact) mass is 304 g/mol. The number of likely N-dealkylation sites (tertiary alicyclic amines) is 1. The standard InChI is InChI=1S/C17H24N2O3/c1-11-6-4-7-12(2)16(11)18-10-15(20)19-9-5-8-14(13(19)3)17(21)22/h4,6-7,13-14,18H,5,8-10H2,1-3H3,(H,21,22)/t13-,14-/m1/s1. The maximum absolute atomic E-state index is 12.4. The van der Waals surface area contributed by atoms with Crippen LogP contribution in [0.3, 0.4) is 0 Å². The number of hydrogen-bond donors (Lipinski definition) is 2. The zero-order valence-corrected chi connectivity index (χ0v) is 13.4. The van der Waals surface area contributed by atoms with Crippen molar-refractivity contribution in [2.24, 2.45) is 5.92 Å². The van der Waals surface area contributed by atoms with Crippen molar-refractivity contribution in [2.75, 3.05) is 18.4 Å². The molecule has 1 aliphatic heterocycles. The molecule has 1 saturated heterocycles. The van der Waals surface area contributed by atoms with E-state index in [9.17, 15) is 14.7 Å². The molecule has 0 saturated carbocycles. The first-order valence-electron chi connectivity index (χ1n) is 7.74. The SMILES string of the molecule is Cc1cccc(C)c1NCC(=O)N1CCC[C@@H](C(=O)O)[C@H]1C. The molecule has 0 spiro atoms. The van der Waals surface area contributed by atoms with Crippen molar-refractivity contribution in [3.63, 3.8) is 0 Å². The third-order valence-electron chi connectivity index (χ3n) is 4.52. The molecule has 0 unspecified atom stereocenters. The van der Waals surface area contributed by atoms with E-state index in [4.69, 9.17) is 0 Å². The summed E-state index contributed by atoms with van der Waals surface area (Å²) in [7, 11) is 0. The Labute approximate surface area is 131 Å². The van der Waals surface area contributed by atoms with Crippen LogP contribution < -0.4 is 5.32 Å². The predicted octanol–water partition coefficient (Wildman–Crippen LogP) is 2.43. The minimum atomic E-state index is -0.812. The van der Waals surface area contributed by atoms with E-state index in [1.807, 2.05) is 39.0 Å². The number of para-hydroxylation sites is 1. The van der Waals surface area contributed by atoms with Gasteiger partial charge in [0.2, 0.25) is 5.91 Å². The fraction of sp³-hybridized carbons (Fsp3) is 0.529. The Kier molecular flexibility index (Phi) is 5.06. The fourth-order valence-electron chi connectivity index (χ4n) is 3.18. The van der Waals surface area contributed by atoms with Gasteiger partial charge in [-0.1, -0.05) is 18.2 Å². The number of aliphatic carboxylic acids is 1. The van der Waals surface area contributed by atoms with Crippen LogP contribution in [-0.2, 0) is 9.59 Å². The summed E-state index contributed by atoms with van der Waals surface area (Å²) in [6.07, 6.45) is 1.39. The van der Waals surface area contributed by atoms with E-state index >= 15 is 0 Å². The number of piperidine rings is 1. The molecule has 1 aromatic carbocycles. The van der Waals surface area contributed by atoms with Crippen LogP contribution in [0.1, 0.15) is 30.9 Å². The van der Waals surface area contributed by atoms with Gasteiger partial charge in [0.05, 0.1) is 12.5 Å². The number of carboxylic acid groups (broad SMARTS) is 1. The van der Waals surface area contributed by atoms with Crippen LogP contribution in [0.2, 0.25) is 0 Å². The molecule has 1 heterocycles. The molecule has 5 heteroatoms. The number of nitrogens with one attached hydrogen (secondary N) is 1. The van der Waals surface area contributed by atoms with E-state index in [0.717, 1.165) is 23.2 Å². The van der Waals surface area contributed by atoms with Crippen molar-refractivity contribution in [1.29, 1.82) is 0 Å². The Bertz CT molecular complexity index is 551. The number of nitrogens with zero attached hydrogens (tertiary/aromatic N) is 1. The highest BCUT2D eigenvalue weighted by molar-refractivity contribution is 5.83. The Morgan fingerprint density at radius 1 is 1.32 bits per heavy atom. The zero-order chi connectivity index (χ0) is 16.3. The van der Waals surface area contributed by atoms with Gasteiger partial charge in [0, 0.05) is 18.3 Å². The lowest BCUT2D eigenvalue weighted by Crippen LogP contribution is -2.50. The highest BCUT2D eigenvalue weighted by Gasteiger charge is 2.35. The average Bonchev–Trinajstić information content (AvgIpc) is 2.46. The normalized spacial score (nSPS) is 21.5. The maximum Gasteiger partial charge on any atom is 0.308 e. The summed E-state index contributed by atoms with van der Waals surface area (Å²) < 4.78 is 0. The third kappa shape index (κ3) is 3.40. The van der Waals surface area contributed by atoms with E-state index < -0.39 is 11.9 Å². The lowest BCUT2D eigenvalue weighted by atomic mass is 9.90. The molecule has 1 fully saturated rings. The van der Waals surface area contributed by atoms with Gasteiger partial charge in [0.1, 0.15) is 0 Å². The third-order valence-corrected chi connectivity index (χ3v) is 4.52. The molecule has 0 aliphatic carbocycles. The van der Waals surface area contributed by atoms with Crippen molar-refractivity contribution < 1.29 is 14.7 Å². The molecule has 5 nitrogen and oxygen atoms in total. The van der Waals surface area contributed by atoms with E-state index in [1.165, 1.54) is 0 Å². The number of hydrogen-bond acceptors (Lipinski definition) is 3. The second-order valence-corrected chi connectivity index (χ2v) is 6.04. The fourth-order valence-corrected chi connectivity index (χ4v) is 3.18. The van der Waals surface area contributed by atoms with Crippen molar-refractivity contribution in [3.8, 4) is 0 Å². The van der Waals surface area contributed by atoms with Gasteiger partial charge < -0.3 is 15.3 Å². The summed E-state index contributed by atoms with van der Waals surface area (Å²) in [4.78, 5) is 25.4. The molecule has 0 radical (unpaired) electrons. The van der Waals surface area contributed by atoms with Gasteiger partial charge in [-0.2, -0.15) is 0 Å². The van der Waals surface area contributed by atoms with Crippen LogP contribution in [0.5, 0.6) is 0 Å². The van der Waals surface area contributed by atoms with E-state index in [-0.39, 0.29) is 18.5 Å². The number of rotatable bonds is 4. The van der Waals surface area contributed by atoms with Crippen molar-refractivity contribution in [1.82, 2.24) is 4.90 Å². The molecule has 120 valence electrons. The predicted molar refractivity (Wildman–Crippen MR) is 85.9 cm³/mol. The highest BCUT2D eigenvalue weighted by atomic mass is 16.4. The molecule has 1 aliphatic rings. The smallest absolute Gasteiger partial charge is 0.308 e. The molecule has 2 N–H and O–H groups in total. The van der Waals surface area contributed by atoms with Crippen LogP contribution in [-0.4, -0.2) is 41.0 Å². The summed E-state index contributed by atoms with van der Waals surface area (Å²) in [5.41, 5.74) is 3.18. The lowest BCUT2D eigenvalue weighted by molar-refractivity contribution is -0.148. The molecule has 2 rings (SSSR count). The first-order chi connectivity index (χ1) is 10.4. The minimum Gasteiger partial charge on any atom is -0.481 e. The van der Waals surface area contributed by atoms with E-state index in [1.54, 1.807) is 4.90 Å². The number of carboxylic acids is 1. The molecule has 1 amide bonds. The number of benzene rings is 1. The summed E-state index contributed by atoms with van der Waals surface area (Å²) in [5.74, 6) is -1.31. The van der Waals surface area contributed by atoms with Crippen molar-refractivity contribution in [2.45, 2.75) is 39.7 Å². The molecule has 0 aromatic heterocycles. The van der Waals surface area contributed by atoms with Gasteiger partial charge in [-0.3, -0.25) is 9.59 Å². The van der Waals surface area contributed by atoms with Gasteiger partial charge in [0.15, 0.2) is 0 Å². The zero-order valence-electron chi connectivity index (χ0n) is 13.4. The quantitative estimate of drug-likeness (QED) is 0.896. The molecule has 2 atom stereocenters. The topological polar surface area (TPSA) is 69.6 Å². The molecule has 1 aromatic rings. The van der Waals surface area contributed by atoms with Gasteiger partial charge in [-0.05, 0) is 44.7 Å². The van der Waals surface area contributed by atoms with Gasteiger partial charge in [-0.25, -0.2) is 0 Å². The summed E-state index contributed by atoms with van der Waals surface area (Å²) in [6, 6.07) is 5.74. The first-order valence-corrected chi connectivity index (χ1v) is 7.74. The van der Waals surface area contributed by atoms with E-state index in [2.05, 4.69) is 5.32 Å². The van der Waals surface area contributed by atoms with E-state index in [0.29, 0.717) is 13.0 Å². The number of carbonyl (C=O) groups is 2. The van der Waals surface area contributed by atoms with Gasteiger partial charge in [-0.15, -0.1) is 0 Å². The average molecular weight is 304 g/mol. The van der Waals surface area contributed by atoms with Crippen LogP contribution >= 0.6 is 0 Å². The Morgan fingerprint density at radius 3 is 2.55 bits per heavy atom. The van der Waals surface area contributed by atoms with Crippen molar-refractivity contribution >= 4 is 17.6 Å². The molecular weight excluding hydrogens is 280 g/mol. The van der Waals surface area contributed by atoms with Crippen LogP contribution in [0.25, 0.3) is 0 Å². The Hall–Kier alpha value is -2.04. The largest absolute Gasteiger partial charge is 0.481 e. The summed E-state index contributed by atoms with van der Waals surface area (Å²) >= 11 is 0. The number of anilines is 1. The van der Waals surface area contributed by atoms with Gasteiger partial charge in [0.25, 0.3) is 0 Å².